The Kier molecular flexibility index (Phi) is 6.75. The molecule has 0 unspecified atom stereocenters. The van der Waals surface area contributed by atoms with E-state index < -0.39 is 0 Å². The number of esters is 1. The fourth-order valence-electron chi connectivity index (χ4n) is 4.39. The molecule has 1 aromatic carbocycles. The van der Waals surface area contributed by atoms with E-state index in [-0.39, 0.29) is 5.97 Å². The van der Waals surface area contributed by atoms with E-state index in [9.17, 15) is 4.79 Å². The van der Waals surface area contributed by atoms with Crippen molar-refractivity contribution in [2.24, 2.45) is 0 Å². The van der Waals surface area contributed by atoms with Gasteiger partial charge in [-0.25, -0.2) is 4.98 Å². The Balaban J connectivity index is 1.45. The summed E-state index contributed by atoms with van der Waals surface area (Å²) in [4.78, 5) is 18.7. The first-order chi connectivity index (χ1) is 14.2. The molecule has 2 heterocycles. The SMILES string of the molecule is CCOC(=O)CCCN1CCc2cc(-c3cccnc3SC3CCCC3)ccc21. The maximum Gasteiger partial charge on any atom is 0.305 e. The largest absolute Gasteiger partial charge is 0.466 e. The van der Waals surface area contributed by atoms with Gasteiger partial charge in [-0.05, 0) is 61.9 Å². The molecule has 2 aromatic rings. The van der Waals surface area contributed by atoms with Crippen molar-refractivity contribution in [1.82, 2.24) is 4.98 Å². The molecule has 0 bridgehead atoms. The van der Waals surface area contributed by atoms with E-state index in [1.807, 2.05) is 30.9 Å². The molecule has 0 N–H and O–H groups in total. The van der Waals surface area contributed by atoms with E-state index in [1.165, 1.54) is 53.1 Å². The highest BCUT2D eigenvalue weighted by Crippen LogP contribution is 2.40. The molecule has 29 heavy (non-hydrogen) atoms. The van der Waals surface area contributed by atoms with E-state index in [0.29, 0.717) is 18.3 Å². The highest BCUT2D eigenvalue weighted by atomic mass is 32.2. The van der Waals surface area contributed by atoms with E-state index in [0.717, 1.165) is 25.9 Å². The Morgan fingerprint density at radius 3 is 2.97 bits per heavy atom. The predicted molar refractivity (Wildman–Crippen MR) is 120 cm³/mol. The van der Waals surface area contributed by atoms with E-state index in [4.69, 9.17) is 9.72 Å². The molecular weight excluding hydrogens is 380 g/mol. The summed E-state index contributed by atoms with van der Waals surface area (Å²) in [5.41, 5.74) is 5.24. The molecule has 4 rings (SSSR count). The fraction of sp³-hybridized carbons (Fsp3) is 0.500. The van der Waals surface area contributed by atoms with Crippen LogP contribution in [0.1, 0.15) is 51.0 Å². The van der Waals surface area contributed by atoms with Gasteiger partial charge in [0.05, 0.1) is 6.61 Å². The third-order valence-electron chi connectivity index (χ3n) is 5.85. The molecule has 0 radical (unpaired) electrons. The van der Waals surface area contributed by atoms with Crippen LogP contribution in [0.25, 0.3) is 11.1 Å². The van der Waals surface area contributed by atoms with Gasteiger partial charge in [-0.2, -0.15) is 0 Å². The van der Waals surface area contributed by atoms with Crippen LogP contribution >= 0.6 is 11.8 Å². The second-order valence-corrected chi connectivity index (χ2v) is 9.16. The van der Waals surface area contributed by atoms with E-state index >= 15 is 0 Å². The van der Waals surface area contributed by atoms with Crippen molar-refractivity contribution in [1.29, 1.82) is 0 Å². The molecule has 5 heteroatoms. The van der Waals surface area contributed by atoms with Crippen LogP contribution in [0.2, 0.25) is 0 Å². The molecular formula is C24H30N2O2S. The molecule has 1 aliphatic heterocycles. The number of rotatable bonds is 8. The summed E-state index contributed by atoms with van der Waals surface area (Å²) in [5.74, 6) is -0.0915. The van der Waals surface area contributed by atoms with E-state index in [2.05, 4.69) is 29.2 Å². The zero-order valence-corrected chi connectivity index (χ0v) is 18.0. The Labute approximate surface area is 178 Å². The first-order valence-corrected chi connectivity index (χ1v) is 11.8. The van der Waals surface area contributed by atoms with Gasteiger partial charge in [0.15, 0.2) is 0 Å². The predicted octanol–water partition coefficient (Wildman–Crippen LogP) is 5.49. The first kappa shape index (κ1) is 20.3. The third kappa shape index (κ3) is 4.95. The number of carbonyl (C=O) groups excluding carboxylic acids is 1. The highest BCUT2D eigenvalue weighted by Gasteiger charge is 2.22. The van der Waals surface area contributed by atoms with Crippen molar-refractivity contribution in [2.75, 3.05) is 24.6 Å². The summed E-state index contributed by atoms with van der Waals surface area (Å²) in [7, 11) is 0. The number of anilines is 1. The lowest BCUT2D eigenvalue weighted by atomic mass is 10.0. The van der Waals surface area contributed by atoms with Gasteiger partial charge >= 0.3 is 5.97 Å². The Morgan fingerprint density at radius 2 is 2.14 bits per heavy atom. The molecule has 0 saturated heterocycles. The minimum Gasteiger partial charge on any atom is -0.466 e. The lowest BCUT2D eigenvalue weighted by Crippen LogP contribution is -2.22. The zero-order chi connectivity index (χ0) is 20.1. The normalized spacial score (nSPS) is 16.2. The molecule has 1 aliphatic carbocycles. The van der Waals surface area contributed by atoms with Crippen LogP contribution in [-0.2, 0) is 16.0 Å². The van der Waals surface area contributed by atoms with Gasteiger partial charge in [0, 0.05) is 42.2 Å². The Hall–Kier alpha value is -2.01. The molecule has 0 spiro atoms. The number of pyridine rings is 1. The smallest absolute Gasteiger partial charge is 0.305 e. The summed E-state index contributed by atoms with van der Waals surface area (Å²) in [6, 6.07) is 11.1. The van der Waals surface area contributed by atoms with Crippen molar-refractivity contribution < 1.29 is 9.53 Å². The van der Waals surface area contributed by atoms with Crippen molar-refractivity contribution in [3.8, 4) is 11.1 Å². The molecule has 2 aliphatic rings. The molecule has 0 atom stereocenters. The van der Waals surface area contributed by atoms with Crippen LogP contribution in [0, 0.1) is 0 Å². The molecule has 1 aromatic heterocycles. The van der Waals surface area contributed by atoms with Gasteiger partial charge in [-0.15, -0.1) is 11.8 Å². The number of aromatic nitrogens is 1. The van der Waals surface area contributed by atoms with Crippen molar-refractivity contribution in [2.45, 2.75) is 62.1 Å². The molecule has 154 valence electrons. The van der Waals surface area contributed by atoms with Gasteiger partial charge in [0.1, 0.15) is 5.03 Å². The first-order valence-electron chi connectivity index (χ1n) is 10.9. The van der Waals surface area contributed by atoms with E-state index in [1.54, 1.807) is 0 Å². The van der Waals surface area contributed by atoms with Crippen molar-refractivity contribution in [3.05, 3.63) is 42.1 Å². The summed E-state index contributed by atoms with van der Waals surface area (Å²) >= 11 is 1.96. The minimum absolute atomic E-state index is 0.0915. The summed E-state index contributed by atoms with van der Waals surface area (Å²) < 4.78 is 5.03. The second-order valence-electron chi connectivity index (χ2n) is 7.87. The van der Waals surface area contributed by atoms with Crippen LogP contribution in [0.3, 0.4) is 0 Å². The average Bonchev–Trinajstić information content (AvgIpc) is 3.38. The van der Waals surface area contributed by atoms with Crippen LogP contribution in [-0.4, -0.2) is 35.9 Å². The number of ether oxygens (including phenoxy) is 1. The monoisotopic (exact) mass is 410 g/mol. The van der Waals surface area contributed by atoms with Gasteiger partial charge in [-0.3, -0.25) is 4.79 Å². The average molecular weight is 411 g/mol. The number of fused-ring (bicyclic) bond motifs is 1. The van der Waals surface area contributed by atoms with Crippen LogP contribution in [0.15, 0.2) is 41.6 Å². The number of nitrogens with zero attached hydrogens (tertiary/aromatic N) is 2. The molecule has 1 saturated carbocycles. The molecule has 0 amide bonds. The molecule has 4 nitrogen and oxygen atoms in total. The fourth-order valence-corrected chi connectivity index (χ4v) is 5.71. The molecule has 1 fully saturated rings. The van der Waals surface area contributed by atoms with Gasteiger partial charge < -0.3 is 9.64 Å². The lowest BCUT2D eigenvalue weighted by Gasteiger charge is -2.19. The number of benzene rings is 1. The Bertz CT molecular complexity index is 849. The lowest BCUT2D eigenvalue weighted by molar-refractivity contribution is -0.143. The summed E-state index contributed by atoms with van der Waals surface area (Å²) in [6.45, 7) is 4.24. The quantitative estimate of drug-likeness (QED) is 0.538. The second kappa shape index (κ2) is 9.66. The Morgan fingerprint density at radius 1 is 1.28 bits per heavy atom. The topological polar surface area (TPSA) is 42.4 Å². The number of hydrogen-bond donors (Lipinski definition) is 0. The maximum atomic E-state index is 11.6. The highest BCUT2D eigenvalue weighted by molar-refractivity contribution is 8.00. The third-order valence-corrected chi connectivity index (χ3v) is 7.20. The van der Waals surface area contributed by atoms with Crippen molar-refractivity contribution >= 4 is 23.4 Å². The standard InChI is InChI=1S/C24H30N2O2S/c1-2-28-23(27)10-6-15-26-16-13-19-17-18(11-12-22(19)26)21-9-5-14-25-24(21)29-20-7-3-4-8-20/h5,9,11-12,14,17,20H,2-4,6-8,10,13,15-16H2,1H3. The number of thioether (sulfide) groups is 1. The van der Waals surface area contributed by atoms with Crippen LogP contribution in [0.4, 0.5) is 5.69 Å². The van der Waals surface area contributed by atoms with Crippen LogP contribution < -0.4 is 4.90 Å². The van der Waals surface area contributed by atoms with Crippen molar-refractivity contribution in [3.63, 3.8) is 0 Å². The van der Waals surface area contributed by atoms with Gasteiger partial charge in [0.25, 0.3) is 0 Å². The van der Waals surface area contributed by atoms with Gasteiger partial charge in [-0.1, -0.05) is 25.0 Å². The summed E-state index contributed by atoms with van der Waals surface area (Å²) in [6.07, 6.45) is 9.64. The van der Waals surface area contributed by atoms with Gasteiger partial charge in [0.2, 0.25) is 0 Å². The zero-order valence-electron chi connectivity index (χ0n) is 17.2. The number of carbonyl (C=O) groups is 1. The summed E-state index contributed by atoms with van der Waals surface area (Å²) in [5, 5.41) is 1.89. The maximum absolute atomic E-state index is 11.6. The number of hydrogen-bond acceptors (Lipinski definition) is 5. The van der Waals surface area contributed by atoms with Crippen LogP contribution in [0.5, 0.6) is 0 Å². The minimum atomic E-state index is -0.0915.